The number of aryl methyl sites for hydroxylation is 1. The molecule has 3 atom stereocenters. The maximum Gasteiger partial charge on any atom is 0.0325 e. The number of hydrogen-bond donors (Lipinski definition) is 1. The van der Waals surface area contributed by atoms with Crippen LogP contribution in [0.5, 0.6) is 0 Å². The Kier molecular flexibility index (Phi) is 3.90. The predicted octanol–water partition coefficient (Wildman–Crippen LogP) is 2.99. The fourth-order valence-corrected chi connectivity index (χ4v) is 3.79. The highest BCUT2D eigenvalue weighted by molar-refractivity contribution is 5.32. The van der Waals surface area contributed by atoms with E-state index in [0.717, 1.165) is 5.92 Å². The van der Waals surface area contributed by atoms with Gasteiger partial charge in [-0.05, 0) is 56.3 Å². The number of piperidine rings is 1. The zero-order chi connectivity index (χ0) is 13.2. The van der Waals surface area contributed by atoms with Crippen molar-refractivity contribution in [2.24, 2.45) is 5.92 Å². The molecule has 104 valence electrons. The van der Waals surface area contributed by atoms with E-state index in [9.17, 15) is 0 Å². The molecule has 3 rings (SSSR count). The molecule has 0 radical (unpaired) electrons. The highest BCUT2D eigenvalue weighted by Gasteiger charge is 2.28. The van der Waals surface area contributed by atoms with Crippen molar-refractivity contribution < 1.29 is 0 Å². The Labute approximate surface area is 117 Å². The van der Waals surface area contributed by atoms with E-state index in [1.165, 1.54) is 38.8 Å². The van der Waals surface area contributed by atoms with E-state index in [2.05, 4.69) is 48.5 Å². The molecule has 1 aromatic carbocycles. The number of nitrogens with zero attached hydrogens (tertiary/aromatic N) is 1. The van der Waals surface area contributed by atoms with Crippen molar-refractivity contribution >= 4 is 0 Å². The standard InChI is InChI=1S/C17H26N2/c1-13-12-19(2)11-10-16(13)18-17-9-5-7-14-6-3-4-8-15(14)17/h3-4,6,8,13,16-18H,5,7,9-12H2,1-2H3. The normalized spacial score (nSPS) is 32.0. The van der Waals surface area contributed by atoms with Crippen molar-refractivity contribution in [3.8, 4) is 0 Å². The Morgan fingerprint density at radius 1 is 1.21 bits per heavy atom. The fraction of sp³-hybridized carbons (Fsp3) is 0.647. The quantitative estimate of drug-likeness (QED) is 0.877. The highest BCUT2D eigenvalue weighted by atomic mass is 15.1. The average molecular weight is 258 g/mol. The number of fused-ring (bicyclic) bond motifs is 1. The van der Waals surface area contributed by atoms with Crippen molar-refractivity contribution in [1.29, 1.82) is 0 Å². The molecule has 1 saturated heterocycles. The molecule has 0 amide bonds. The van der Waals surface area contributed by atoms with Crippen LogP contribution in [0, 0.1) is 5.92 Å². The molecule has 3 unspecified atom stereocenters. The molecule has 0 spiro atoms. The van der Waals surface area contributed by atoms with Crippen LogP contribution in [0.15, 0.2) is 24.3 Å². The molecule has 1 heterocycles. The van der Waals surface area contributed by atoms with Crippen LogP contribution in [0.25, 0.3) is 0 Å². The first-order valence-corrected chi connectivity index (χ1v) is 7.76. The molecule has 2 heteroatoms. The second-order valence-electron chi connectivity index (χ2n) is 6.44. The van der Waals surface area contributed by atoms with Gasteiger partial charge in [0, 0.05) is 18.6 Å². The molecule has 1 aromatic rings. The Morgan fingerprint density at radius 2 is 2.05 bits per heavy atom. The summed E-state index contributed by atoms with van der Waals surface area (Å²) in [5, 5.41) is 3.96. The molecule has 0 saturated carbocycles. The van der Waals surface area contributed by atoms with Crippen molar-refractivity contribution in [3.05, 3.63) is 35.4 Å². The van der Waals surface area contributed by atoms with E-state index in [0.29, 0.717) is 12.1 Å². The number of rotatable bonds is 2. The van der Waals surface area contributed by atoms with Gasteiger partial charge in [-0.2, -0.15) is 0 Å². The van der Waals surface area contributed by atoms with Gasteiger partial charge in [0.15, 0.2) is 0 Å². The second-order valence-corrected chi connectivity index (χ2v) is 6.44. The average Bonchev–Trinajstić information content (AvgIpc) is 2.42. The lowest BCUT2D eigenvalue weighted by molar-refractivity contribution is 0.163. The van der Waals surface area contributed by atoms with Crippen LogP contribution < -0.4 is 5.32 Å². The molecule has 2 nitrogen and oxygen atoms in total. The van der Waals surface area contributed by atoms with Crippen molar-refractivity contribution in [3.63, 3.8) is 0 Å². The van der Waals surface area contributed by atoms with Gasteiger partial charge < -0.3 is 10.2 Å². The number of likely N-dealkylation sites (tertiary alicyclic amines) is 1. The van der Waals surface area contributed by atoms with Gasteiger partial charge in [0.2, 0.25) is 0 Å². The van der Waals surface area contributed by atoms with Gasteiger partial charge in [-0.25, -0.2) is 0 Å². The van der Waals surface area contributed by atoms with Crippen LogP contribution in [0.1, 0.15) is 43.4 Å². The van der Waals surface area contributed by atoms with Crippen molar-refractivity contribution in [2.75, 3.05) is 20.1 Å². The molecule has 19 heavy (non-hydrogen) atoms. The fourth-order valence-electron chi connectivity index (χ4n) is 3.79. The minimum atomic E-state index is 0.584. The largest absolute Gasteiger partial charge is 0.307 e. The van der Waals surface area contributed by atoms with Gasteiger partial charge in [0.1, 0.15) is 0 Å². The van der Waals surface area contributed by atoms with Crippen LogP contribution in [0.2, 0.25) is 0 Å². The van der Waals surface area contributed by atoms with E-state index in [4.69, 9.17) is 0 Å². The summed E-state index contributed by atoms with van der Waals surface area (Å²) in [6.45, 7) is 4.85. The van der Waals surface area contributed by atoms with E-state index in [-0.39, 0.29) is 0 Å². The van der Waals surface area contributed by atoms with Gasteiger partial charge in [-0.1, -0.05) is 31.2 Å². The predicted molar refractivity (Wildman–Crippen MR) is 80.3 cm³/mol. The Hall–Kier alpha value is -0.860. The van der Waals surface area contributed by atoms with Gasteiger partial charge in [0.05, 0.1) is 0 Å². The first-order chi connectivity index (χ1) is 9.24. The summed E-state index contributed by atoms with van der Waals surface area (Å²) in [6, 6.07) is 10.3. The second kappa shape index (κ2) is 5.64. The van der Waals surface area contributed by atoms with E-state index >= 15 is 0 Å². The SMILES string of the molecule is CC1CN(C)CCC1NC1CCCc2ccccc21. The first-order valence-electron chi connectivity index (χ1n) is 7.76. The molecular weight excluding hydrogens is 232 g/mol. The summed E-state index contributed by atoms with van der Waals surface area (Å²) in [7, 11) is 2.24. The third-order valence-corrected chi connectivity index (χ3v) is 4.89. The molecule has 1 aliphatic heterocycles. The third kappa shape index (κ3) is 2.85. The van der Waals surface area contributed by atoms with E-state index in [1.54, 1.807) is 11.1 Å². The first kappa shape index (κ1) is 13.1. The third-order valence-electron chi connectivity index (χ3n) is 4.89. The number of nitrogens with one attached hydrogen (secondary N) is 1. The summed E-state index contributed by atoms with van der Waals surface area (Å²) in [6.07, 6.45) is 5.18. The smallest absolute Gasteiger partial charge is 0.0325 e. The number of benzene rings is 1. The summed E-state index contributed by atoms with van der Waals surface area (Å²) in [4.78, 5) is 2.46. The number of hydrogen-bond acceptors (Lipinski definition) is 2. The molecular formula is C17H26N2. The minimum absolute atomic E-state index is 0.584. The minimum Gasteiger partial charge on any atom is -0.307 e. The monoisotopic (exact) mass is 258 g/mol. The van der Waals surface area contributed by atoms with Crippen LogP contribution >= 0.6 is 0 Å². The highest BCUT2D eigenvalue weighted by Crippen LogP contribution is 2.31. The Morgan fingerprint density at radius 3 is 2.89 bits per heavy atom. The van der Waals surface area contributed by atoms with Crippen LogP contribution in [-0.2, 0) is 6.42 Å². The van der Waals surface area contributed by atoms with E-state index in [1.807, 2.05) is 0 Å². The van der Waals surface area contributed by atoms with Gasteiger partial charge >= 0.3 is 0 Å². The van der Waals surface area contributed by atoms with Crippen LogP contribution in [0.4, 0.5) is 0 Å². The molecule has 0 bridgehead atoms. The Bertz CT molecular complexity index is 429. The summed E-state index contributed by atoms with van der Waals surface area (Å²) < 4.78 is 0. The zero-order valence-electron chi connectivity index (χ0n) is 12.2. The summed E-state index contributed by atoms with van der Waals surface area (Å²) >= 11 is 0. The molecule has 1 aliphatic carbocycles. The molecule has 2 aliphatic rings. The van der Waals surface area contributed by atoms with Crippen LogP contribution in [-0.4, -0.2) is 31.1 Å². The van der Waals surface area contributed by atoms with Gasteiger partial charge in [-0.3, -0.25) is 0 Å². The van der Waals surface area contributed by atoms with Crippen molar-refractivity contribution in [2.45, 2.75) is 44.7 Å². The van der Waals surface area contributed by atoms with Gasteiger partial charge in [-0.15, -0.1) is 0 Å². The summed E-state index contributed by atoms with van der Waals surface area (Å²) in [5.41, 5.74) is 3.12. The lowest BCUT2D eigenvalue weighted by atomic mass is 9.85. The lowest BCUT2D eigenvalue weighted by Gasteiger charge is -2.39. The Balaban J connectivity index is 1.71. The van der Waals surface area contributed by atoms with E-state index < -0.39 is 0 Å². The van der Waals surface area contributed by atoms with Gasteiger partial charge in [0.25, 0.3) is 0 Å². The van der Waals surface area contributed by atoms with Crippen LogP contribution in [0.3, 0.4) is 0 Å². The molecule has 0 aromatic heterocycles. The topological polar surface area (TPSA) is 15.3 Å². The molecule has 1 N–H and O–H groups in total. The van der Waals surface area contributed by atoms with Crippen molar-refractivity contribution in [1.82, 2.24) is 10.2 Å². The molecule has 1 fully saturated rings. The summed E-state index contributed by atoms with van der Waals surface area (Å²) in [5.74, 6) is 0.757. The maximum absolute atomic E-state index is 3.96. The zero-order valence-corrected chi connectivity index (χ0v) is 12.2. The maximum atomic E-state index is 3.96. The lowest BCUT2D eigenvalue weighted by Crippen LogP contribution is -2.48.